The minimum absolute atomic E-state index is 0. The van der Waals surface area contributed by atoms with Crippen LogP contribution in [0.3, 0.4) is 0 Å². The van der Waals surface area contributed by atoms with Gasteiger partial charge in [-0.15, -0.1) is 23.5 Å². The smallest absolute Gasteiger partial charge is 1.00 e. The average Bonchev–Trinajstić information content (AvgIpc) is 2.73. The van der Waals surface area contributed by atoms with Crippen LogP contribution in [0.1, 0.15) is 5.56 Å². The zero-order valence-corrected chi connectivity index (χ0v) is 36.7. The summed E-state index contributed by atoms with van der Waals surface area (Å²) >= 11 is 3.99. The molecule has 0 atom stereocenters. The van der Waals surface area contributed by atoms with E-state index in [4.69, 9.17) is 0 Å². The van der Waals surface area contributed by atoms with Gasteiger partial charge in [0.15, 0.2) is 0 Å². The molecule has 0 bridgehead atoms. The summed E-state index contributed by atoms with van der Waals surface area (Å²) in [7, 11) is -2.80. The summed E-state index contributed by atoms with van der Waals surface area (Å²) in [5.74, 6) is 0. The molecule has 0 aliphatic carbocycles. The average molecular weight is 859 g/mol. The third kappa shape index (κ3) is 35.4. The van der Waals surface area contributed by atoms with E-state index in [1.165, 1.54) is 26.1 Å². The van der Waals surface area contributed by atoms with Crippen molar-refractivity contribution in [3.05, 3.63) is 96.6 Å². The van der Waals surface area contributed by atoms with E-state index in [0.717, 1.165) is 0 Å². The summed E-state index contributed by atoms with van der Waals surface area (Å²) in [5.41, 5.74) is 1.32. The van der Waals surface area contributed by atoms with Crippen LogP contribution in [-0.4, -0.2) is 61.9 Å². The van der Waals surface area contributed by atoms with Gasteiger partial charge in [0.1, 0.15) is 16.5 Å². The van der Waals surface area contributed by atoms with Gasteiger partial charge in [-0.05, 0) is 31.2 Å². The number of thioether (sulfide) groups is 2. The van der Waals surface area contributed by atoms with Gasteiger partial charge in [-0.2, -0.15) is 0 Å². The van der Waals surface area contributed by atoms with Crippen LogP contribution < -0.4 is 104 Å². The fraction of sp³-hybridized carbons (Fsp3) is 0.280. The second kappa shape index (κ2) is 38.9. The van der Waals surface area contributed by atoms with Gasteiger partial charge in [0.05, 0.1) is 0 Å². The van der Waals surface area contributed by atoms with Crippen LogP contribution in [0, 0.1) is 6.92 Å². The Hall–Kier alpha value is 2.67. The molecule has 0 amide bonds. The molecule has 16 heteroatoms. The molecule has 0 radical (unpaired) electrons. The molecule has 228 valence electrons. The molecule has 3 rings (SSSR count). The van der Waals surface area contributed by atoms with E-state index in [2.05, 4.69) is 111 Å². The van der Waals surface area contributed by atoms with Crippen molar-refractivity contribution in [3.63, 3.8) is 0 Å². The number of nitrogens with one attached hydrogen (secondary N) is 1. The van der Waals surface area contributed by atoms with Gasteiger partial charge in [-0.25, -0.2) is 0 Å². The monoisotopic (exact) mass is 855 g/mol. The fourth-order valence-electron chi connectivity index (χ4n) is 3.08. The van der Waals surface area contributed by atoms with Gasteiger partial charge in [-0.1, -0.05) is 98.5 Å². The van der Waals surface area contributed by atoms with E-state index < -0.39 is 16.5 Å². The summed E-state index contributed by atoms with van der Waals surface area (Å²) in [5, 5.41) is 2.45. The molecule has 0 fully saturated rings. The third-order valence-electron chi connectivity index (χ3n) is 4.30. The molecule has 0 heterocycles. The molecule has 3 aromatic rings. The number of aryl methyl sites for hydroxylation is 1. The molecule has 0 saturated heterocycles. The van der Waals surface area contributed by atoms with Crippen LogP contribution in [0.25, 0.3) is 0 Å². The SMILES string of the molecule is C[Si](C)(CSc1ccccc1)N[Si](C)(C)CSc1ccccc1.Cc1ccccc1.[Al+3].[Al+3].[Cl-].[Cl-].[Cl-].[Cl-].[Cl-].[Cl-].[Cl-].[Cl-].[Cr+2]. The van der Waals surface area contributed by atoms with Crippen molar-refractivity contribution in [1.82, 2.24) is 4.65 Å². The first-order chi connectivity index (χ1) is 14.3. The van der Waals surface area contributed by atoms with Gasteiger partial charge in [0, 0.05) is 20.5 Å². The molecule has 0 spiro atoms. The van der Waals surface area contributed by atoms with Gasteiger partial charge in [-0.3, -0.25) is 0 Å². The van der Waals surface area contributed by atoms with Crippen LogP contribution in [-0.2, 0) is 17.4 Å². The Morgan fingerprint density at radius 1 is 0.488 bits per heavy atom. The van der Waals surface area contributed by atoms with Gasteiger partial charge in [0.25, 0.3) is 0 Å². The van der Waals surface area contributed by atoms with Crippen molar-refractivity contribution < 1.29 is 117 Å². The molecule has 0 aliphatic heterocycles. The number of rotatable bonds is 8. The maximum atomic E-state index is 4.11. The Labute approximate surface area is 342 Å². The Kier molecular flexibility index (Phi) is 66.5. The van der Waals surface area contributed by atoms with Crippen LogP contribution in [0.4, 0.5) is 0 Å². The first kappa shape index (κ1) is 70.1. The minimum Gasteiger partial charge on any atom is -1.00 e. The fourth-order valence-corrected chi connectivity index (χ4v) is 17.2. The summed E-state index contributed by atoms with van der Waals surface area (Å²) in [6, 6.07) is 31.8. The zero-order valence-electron chi connectivity index (χ0n) is 23.5. The van der Waals surface area contributed by atoms with E-state index in [9.17, 15) is 0 Å². The first-order valence-corrected chi connectivity index (χ1v) is 18.8. The number of hydrogen-bond acceptors (Lipinski definition) is 3. The van der Waals surface area contributed by atoms with Crippen molar-refractivity contribution in [1.29, 1.82) is 0 Å². The number of benzene rings is 3. The summed E-state index contributed by atoms with van der Waals surface area (Å²) < 4.78 is 4.11. The van der Waals surface area contributed by atoms with Crippen molar-refractivity contribution in [2.75, 3.05) is 10.8 Å². The van der Waals surface area contributed by atoms with Gasteiger partial charge >= 0.3 is 52.1 Å². The summed E-state index contributed by atoms with van der Waals surface area (Å²) in [6.07, 6.45) is 0. The molecule has 1 nitrogen and oxygen atoms in total. The number of hydrogen-bond donors (Lipinski definition) is 1. The molecule has 3 aromatic carbocycles. The standard InChI is InChI=1S/C18H27NS2Si2.C7H8.2Al.8ClH.Cr/c1-22(2,15-20-17-11-7-5-8-12-17)19-23(3,4)16-21-18-13-9-6-10-14-18;1-7-5-3-2-4-6-7;;;;;;;;;;;/h5-14,19H,15-16H2,1-4H3;2-6H,1H3;;;8*1H;/q;;2*+3;;;;;;;;;+2/p-8. The van der Waals surface area contributed by atoms with Crippen molar-refractivity contribution in [3.8, 4) is 0 Å². The van der Waals surface area contributed by atoms with Gasteiger partial charge in [0.2, 0.25) is 0 Å². The summed E-state index contributed by atoms with van der Waals surface area (Å²) in [6.45, 7) is 11.9. The third-order valence-corrected chi connectivity index (χ3v) is 17.9. The summed E-state index contributed by atoms with van der Waals surface area (Å²) in [4.78, 5) is 2.76. The molecule has 1 N–H and O–H groups in total. The van der Waals surface area contributed by atoms with E-state index in [0.29, 0.717) is 0 Å². The molecule has 0 aliphatic rings. The predicted octanol–water partition coefficient (Wildman–Crippen LogP) is -17.1. The largest absolute Gasteiger partial charge is 3.00 e. The van der Waals surface area contributed by atoms with Crippen LogP contribution in [0.5, 0.6) is 0 Å². The van der Waals surface area contributed by atoms with Crippen LogP contribution in [0.2, 0.25) is 26.2 Å². The molecular weight excluding hydrogens is 824 g/mol. The number of halogens is 8. The minimum atomic E-state index is -1.40. The topological polar surface area (TPSA) is 12.0 Å². The zero-order chi connectivity index (χ0) is 21.9. The predicted molar refractivity (Wildman–Crippen MR) is 155 cm³/mol. The Bertz CT molecular complexity index is 834. The Morgan fingerprint density at radius 2 is 0.732 bits per heavy atom. The van der Waals surface area contributed by atoms with Crippen LogP contribution in [0.15, 0.2) is 101 Å². The quantitative estimate of drug-likeness (QED) is 0.179. The van der Waals surface area contributed by atoms with Crippen LogP contribution >= 0.6 is 23.5 Å². The Balaban J connectivity index is -0.0000000596. The molecule has 0 aromatic heterocycles. The molecule has 41 heavy (non-hydrogen) atoms. The van der Waals surface area contributed by atoms with Crippen molar-refractivity contribution in [2.45, 2.75) is 42.9 Å². The maximum absolute atomic E-state index is 4.11. The molecular formula is C25H35Al2Cl8CrNS2Si2. The molecule has 0 unspecified atom stereocenters. The molecule has 0 saturated carbocycles. The normalized spacial score (nSPS) is 8.41. The second-order valence-corrected chi connectivity index (χ2v) is 21.1. The maximum Gasteiger partial charge on any atom is 3.00 e. The van der Waals surface area contributed by atoms with Crippen molar-refractivity contribution in [2.24, 2.45) is 0 Å². The Morgan fingerprint density at radius 3 is 0.951 bits per heavy atom. The van der Waals surface area contributed by atoms with Gasteiger partial charge < -0.3 is 104 Å². The van der Waals surface area contributed by atoms with E-state index in [1.807, 2.05) is 41.7 Å². The van der Waals surface area contributed by atoms with E-state index in [1.54, 1.807) is 0 Å². The second-order valence-electron chi connectivity index (χ2n) is 8.75. The van der Waals surface area contributed by atoms with Crippen molar-refractivity contribution >= 4 is 74.7 Å². The van der Waals surface area contributed by atoms with E-state index in [-0.39, 0.29) is 151 Å². The first-order valence-electron chi connectivity index (χ1n) is 10.4. The van der Waals surface area contributed by atoms with E-state index >= 15 is 0 Å².